The van der Waals surface area contributed by atoms with Gasteiger partial charge in [-0.05, 0) is 37.5 Å². The van der Waals surface area contributed by atoms with E-state index in [1.165, 1.54) is 0 Å². The van der Waals surface area contributed by atoms with Gasteiger partial charge in [0, 0.05) is 39.8 Å². The first-order valence-electron chi connectivity index (χ1n) is 9.15. The molecule has 0 bridgehead atoms. The Kier molecular flexibility index (Phi) is 11.6. The largest absolute Gasteiger partial charge is 0.493 e. The molecule has 0 saturated carbocycles. The van der Waals surface area contributed by atoms with Crippen molar-refractivity contribution in [2.75, 3.05) is 40.0 Å². The average molecular weight is 477 g/mol. The van der Waals surface area contributed by atoms with Crippen LogP contribution in [0.25, 0.3) is 0 Å². The molecule has 6 nitrogen and oxygen atoms in total. The minimum Gasteiger partial charge on any atom is -0.493 e. The summed E-state index contributed by atoms with van der Waals surface area (Å²) in [5.74, 6) is 1.79. The first kappa shape index (κ1) is 23.0. The van der Waals surface area contributed by atoms with Crippen LogP contribution in [0.15, 0.2) is 29.3 Å². The molecule has 1 heterocycles. The van der Waals surface area contributed by atoms with Crippen molar-refractivity contribution >= 4 is 29.9 Å². The summed E-state index contributed by atoms with van der Waals surface area (Å²) in [6, 6.07) is 8.08. The lowest BCUT2D eigenvalue weighted by atomic mass is 10.1. The van der Waals surface area contributed by atoms with Gasteiger partial charge in [0.05, 0.1) is 19.3 Å². The maximum Gasteiger partial charge on any atom is 0.194 e. The first-order chi connectivity index (χ1) is 12.2. The fourth-order valence-corrected chi connectivity index (χ4v) is 2.80. The second-order valence-corrected chi connectivity index (χ2v) is 6.23. The van der Waals surface area contributed by atoms with Gasteiger partial charge in [0.25, 0.3) is 0 Å². The molecule has 1 aliphatic heterocycles. The Balaban J connectivity index is 0.00000338. The van der Waals surface area contributed by atoms with E-state index in [0.29, 0.717) is 19.8 Å². The van der Waals surface area contributed by atoms with E-state index in [1.54, 1.807) is 7.11 Å². The van der Waals surface area contributed by atoms with Gasteiger partial charge in [-0.25, -0.2) is 4.99 Å². The number of aliphatic hydroxyl groups is 1. The van der Waals surface area contributed by atoms with E-state index in [2.05, 4.69) is 23.2 Å². The third-order valence-corrected chi connectivity index (χ3v) is 4.17. The van der Waals surface area contributed by atoms with Gasteiger partial charge in [0.2, 0.25) is 0 Å². The number of halogens is 1. The summed E-state index contributed by atoms with van der Waals surface area (Å²) in [5, 5.41) is 13.0. The molecule has 0 aromatic heterocycles. The summed E-state index contributed by atoms with van der Waals surface area (Å²) < 4.78 is 10.8. The molecule has 148 valence electrons. The van der Waals surface area contributed by atoms with Crippen molar-refractivity contribution in [3.05, 3.63) is 29.8 Å². The van der Waals surface area contributed by atoms with E-state index in [0.717, 1.165) is 56.2 Å². The lowest BCUT2D eigenvalue weighted by Crippen LogP contribution is -2.46. The number of methoxy groups -OCH3 is 1. The van der Waals surface area contributed by atoms with Gasteiger partial charge in [-0.15, -0.1) is 24.0 Å². The number of benzene rings is 1. The number of rotatable bonds is 8. The zero-order valence-electron chi connectivity index (χ0n) is 15.8. The summed E-state index contributed by atoms with van der Waals surface area (Å²) in [6.45, 7) is 6.56. The predicted molar refractivity (Wildman–Crippen MR) is 115 cm³/mol. The Morgan fingerprint density at radius 1 is 1.31 bits per heavy atom. The molecular formula is C19H32IN3O3. The van der Waals surface area contributed by atoms with Crippen molar-refractivity contribution in [3.8, 4) is 5.75 Å². The Morgan fingerprint density at radius 3 is 2.77 bits per heavy atom. The third-order valence-electron chi connectivity index (χ3n) is 4.17. The zero-order chi connectivity index (χ0) is 17.9. The SMILES string of the molecule is CCNC(=NCc1cccc(OCCCOC)c1)N1CCC(O)CC1.I. The van der Waals surface area contributed by atoms with Gasteiger partial charge in [0.1, 0.15) is 5.75 Å². The molecule has 1 saturated heterocycles. The number of ether oxygens (including phenoxy) is 2. The van der Waals surface area contributed by atoms with Gasteiger partial charge in [-0.2, -0.15) is 0 Å². The van der Waals surface area contributed by atoms with E-state index in [4.69, 9.17) is 14.5 Å². The van der Waals surface area contributed by atoms with Crippen LogP contribution in [0.3, 0.4) is 0 Å². The van der Waals surface area contributed by atoms with Crippen LogP contribution in [-0.4, -0.2) is 62.0 Å². The van der Waals surface area contributed by atoms with E-state index >= 15 is 0 Å². The monoisotopic (exact) mass is 477 g/mol. The Labute approximate surface area is 174 Å². The molecule has 26 heavy (non-hydrogen) atoms. The molecule has 0 atom stereocenters. The quantitative estimate of drug-likeness (QED) is 0.261. The van der Waals surface area contributed by atoms with E-state index in [9.17, 15) is 5.11 Å². The van der Waals surface area contributed by atoms with Crippen LogP contribution in [-0.2, 0) is 11.3 Å². The molecule has 2 N–H and O–H groups in total. The van der Waals surface area contributed by atoms with E-state index in [-0.39, 0.29) is 30.1 Å². The van der Waals surface area contributed by atoms with Crippen LogP contribution in [0.2, 0.25) is 0 Å². The van der Waals surface area contributed by atoms with Crippen molar-refractivity contribution in [1.82, 2.24) is 10.2 Å². The summed E-state index contributed by atoms with van der Waals surface area (Å²) in [7, 11) is 1.70. The highest BCUT2D eigenvalue weighted by Crippen LogP contribution is 2.15. The Hall–Kier alpha value is -1.06. The number of hydrogen-bond donors (Lipinski definition) is 2. The fraction of sp³-hybridized carbons (Fsp3) is 0.632. The predicted octanol–water partition coefficient (Wildman–Crippen LogP) is 2.64. The van der Waals surface area contributed by atoms with Crippen LogP contribution < -0.4 is 10.1 Å². The average Bonchev–Trinajstić information content (AvgIpc) is 2.63. The first-order valence-corrected chi connectivity index (χ1v) is 9.15. The highest BCUT2D eigenvalue weighted by atomic mass is 127. The minimum atomic E-state index is -0.175. The normalized spacial score (nSPS) is 15.5. The standard InChI is InChI=1S/C19H31N3O3.HI/c1-3-20-19(22-10-8-17(23)9-11-22)21-15-16-6-4-7-18(14-16)25-13-5-12-24-2;/h4,6-7,14,17,23H,3,5,8-13,15H2,1-2H3,(H,20,21);1H. The number of piperidine rings is 1. The van der Waals surface area contributed by atoms with Crippen LogP contribution >= 0.6 is 24.0 Å². The molecule has 1 aliphatic rings. The number of guanidine groups is 1. The highest BCUT2D eigenvalue weighted by molar-refractivity contribution is 14.0. The molecule has 7 heteroatoms. The summed E-state index contributed by atoms with van der Waals surface area (Å²) in [4.78, 5) is 6.98. The lowest BCUT2D eigenvalue weighted by molar-refractivity contribution is 0.108. The summed E-state index contributed by atoms with van der Waals surface area (Å²) in [6.07, 6.45) is 2.31. The second kappa shape index (κ2) is 13.2. The van der Waals surface area contributed by atoms with E-state index in [1.807, 2.05) is 18.2 Å². The van der Waals surface area contributed by atoms with Crippen molar-refractivity contribution in [2.24, 2.45) is 4.99 Å². The molecule has 0 aliphatic carbocycles. The lowest BCUT2D eigenvalue weighted by Gasteiger charge is -2.32. The van der Waals surface area contributed by atoms with Crippen molar-refractivity contribution in [3.63, 3.8) is 0 Å². The number of nitrogens with one attached hydrogen (secondary N) is 1. The van der Waals surface area contributed by atoms with Gasteiger partial charge >= 0.3 is 0 Å². The molecule has 1 aromatic rings. The molecule has 0 radical (unpaired) electrons. The van der Waals surface area contributed by atoms with Crippen molar-refractivity contribution in [1.29, 1.82) is 0 Å². The molecule has 2 rings (SSSR count). The van der Waals surface area contributed by atoms with Crippen LogP contribution in [0.1, 0.15) is 31.7 Å². The van der Waals surface area contributed by atoms with Crippen molar-refractivity contribution in [2.45, 2.75) is 38.8 Å². The maximum absolute atomic E-state index is 9.67. The molecular weight excluding hydrogens is 445 g/mol. The Morgan fingerprint density at radius 2 is 2.08 bits per heavy atom. The fourth-order valence-electron chi connectivity index (χ4n) is 2.80. The molecule has 1 aromatic carbocycles. The van der Waals surface area contributed by atoms with Gasteiger partial charge in [0.15, 0.2) is 5.96 Å². The second-order valence-electron chi connectivity index (χ2n) is 6.23. The van der Waals surface area contributed by atoms with Crippen LogP contribution in [0, 0.1) is 0 Å². The molecule has 0 spiro atoms. The number of hydrogen-bond acceptors (Lipinski definition) is 4. The zero-order valence-corrected chi connectivity index (χ0v) is 18.1. The van der Waals surface area contributed by atoms with Gasteiger partial charge < -0.3 is 24.8 Å². The van der Waals surface area contributed by atoms with E-state index < -0.39 is 0 Å². The smallest absolute Gasteiger partial charge is 0.194 e. The van der Waals surface area contributed by atoms with Gasteiger partial charge in [-0.3, -0.25) is 0 Å². The number of aliphatic imine (C=N–C) groups is 1. The highest BCUT2D eigenvalue weighted by Gasteiger charge is 2.19. The number of nitrogens with zero attached hydrogens (tertiary/aromatic N) is 2. The van der Waals surface area contributed by atoms with Crippen LogP contribution in [0.4, 0.5) is 0 Å². The topological polar surface area (TPSA) is 66.3 Å². The third kappa shape index (κ3) is 8.09. The summed E-state index contributed by atoms with van der Waals surface area (Å²) >= 11 is 0. The van der Waals surface area contributed by atoms with Gasteiger partial charge in [-0.1, -0.05) is 12.1 Å². The summed E-state index contributed by atoms with van der Waals surface area (Å²) in [5.41, 5.74) is 1.12. The van der Waals surface area contributed by atoms with Crippen molar-refractivity contribution < 1.29 is 14.6 Å². The Bertz CT molecular complexity index is 535. The van der Waals surface area contributed by atoms with Crippen LogP contribution in [0.5, 0.6) is 5.75 Å². The number of aliphatic hydroxyl groups excluding tert-OH is 1. The molecule has 0 unspecified atom stereocenters. The minimum absolute atomic E-state index is 0. The number of likely N-dealkylation sites (tertiary alicyclic amines) is 1. The molecule has 1 fully saturated rings. The maximum atomic E-state index is 9.67. The molecule has 0 amide bonds.